The number of para-hydroxylation sites is 2. The zero-order chi connectivity index (χ0) is 13.9. The third-order valence-electron chi connectivity index (χ3n) is 3.23. The highest BCUT2D eigenvalue weighted by Crippen LogP contribution is 2.31. The molecule has 0 saturated heterocycles. The van der Waals surface area contributed by atoms with Crippen molar-refractivity contribution in [2.45, 2.75) is 13.2 Å². The predicted molar refractivity (Wildman–Crippen MR) is 82.2 cm³/mol. The summed E-state index contributed by atoms with van der Waals surface area (Å²) in [5, 5.41) is 13.0. The van der Waals surface area contributed by atoms with E-state index in [1.807, 2.05) is 18.2 Å². The van der Waals surface area contributed by atoms with Crippen LogP contribution in [0.4, 0.5) is 0 Å². The van der Waals surface area contributed by atoms with E-state index in [0.29, 0.717) is 18.9 Å². The van der Waals surface area contributed by atoms with Gasteiger partial charge in [-0.3, -0.25) is 0 Å². The fourth-order valence-electron chi connectivity index (χ4n) is 2.18. The fourth-order valence-corrected chi connectivity index (χ4v) is 3.26. The molecule has 3 rings (SSSR count). The van der Waals surface area contributed by atoms with Gasteiger partial charge in [0.25, 0.3) is 0 Å². The van der Waals surface area contributed by atoms with E-state index < -0.39 is 0 Å². The summed E-state index contributed by atoms with van der Waals surface area (Å²) in [7, 11) is 0. The van der Waals surface area contributed by atoms with Gasteiger partial charge >= 0.3 is 0 Å². The van der Waals surface area contributed by atoms with Crippen LogP contribution in [0.15, 0.2) is 47.8 Å². The molecule has 1 aromatic heterocycles. The zero-order valence-corrected chi connectivity index (χ0v) is 11.7. The van der Waals surface area contributed by atoms with E-state index in [2.05, 4.69) is 11.4 Å². The van der Waals surface area contributed by atoms with Crippen molar-refractivity contribution in [1.29, 1.82) is 0 Å². The van der Waals surface area contributed by atoms with Gasteiger partial charge in [0.05, 0.1) is 0 Å². The number of ether oxygens (including phenoxy) is 1. The minimum atomic E-state index is 0.162. The second-order valence-electron chi connectivity index (χ2n) is 4.52. The van der Waals surface area contributed by atoms with Gasteiger partial charge < -0.3 is 15.6 Å². The molecule has 0 radical (unpaired) electrons. The van der Waals surface area contributed by atoms with Crippen molar-refractivity contribution in [2.75, 3.05) is 0 Å². The Kier molecular flexibility index (Phi) is 3.58. The van der Waals surface area contributed by atoms with E-state index in [-0.39, 0.29) is 5.75 Å². The lowest BCUT2D eigenvalue weighted by Crippen LogP contribution is -1.97. The summed E-state index contributed by atoms with van der Waals surface area (Å²) in [6.07, 6.45) is 0. The van der Waals surface area contributed by atoms with Crippen molar-refractivity contribution >= 4 is 21.4 Å². The number of fused-ring (bicyclic) bond motifs is 1. The summed E-state index contributed by atoms with van der Waals surface area (Å²) in [6, 6.07) is 13.1. The Balaban J connectivity index is 1.87. The third-order valence-corrected chi connectivity index (χ3v) is 4.35. The van der Waals surface area contributed by atoms with E-state index in [1.165, 1.54) is 10.1 Å². The van der Waals surface area contributed by atoms with E-state index in [4.69, 9.17) is 10.5 Å². The van der Waals surface area contributed by atoms with Gasteiger partial charge in [-0.15, -0.1) is 11.3 Å². The highest BCUT2D eigenvalue weighted by atomic mass is 32.1. The van der Waals surface area contributed by atoms with Crippen LogP contribution in [-0.2, 0) is 13.2 Å². The van der Waals surface area contributed by atoms with E-state index >= 15 is 0 Å². The number of phenols is 1. The average Bonchev–Trinajstić information content (AvgIpc) is 2.89. The summed E-state index contributed by atoms with van der Waals surface area (Å²) >= 11 is 1.68. The maximum Gasteiger partial charge on any atom is 0.161 e. The van der Waals surface area contributed by atoms with Crippen LogP contribution in [0.5, 0.6) is 11.5 Å². The predicted octanol–water partition coefficient (Wildman–Crippen LogP) is 3.64. The molecule has 0 bridgehead atoms. The van der Waals surface area contributed by atoms with Gasteiger partial charge in [-0.25, -0.2) is 0 Å². The smallest absolute Gasteiger partial charge is 0.161 e. The van der Waals surface area contributed by atoms with Gasteiger partial charge in [0, 0.05) is 16.8 Å². The fraction of sp³-hybridized carbons (Fsp3) is 0.125. The van der Waals surface area contributed by atoms with Crippen LogP contribution in [0.3, 0.4) is 0 Å². The molecule has 102 valence electrons. The van der Waals surface area contributed by atoms with Crippen LogP contribution in [0.25, 0.3) is 10.1 Å². The van der Waals surface area contributed by atoms with Crippen LogP contribution < -0.4 is 10.5 Å². The van der Waals surface area contributed by atoms with Gasteiger partial charge in [0.15, 0.2) is 11.5 Å². The highest BCUT2D eigenvalue weighted by molar-refractivity contribution is 7.17. The minimum absolute atomic E-state index is 0.162. The van der Waals surface area contributed by atoms with Crippen molar-refractivity contribution in [2.24, 2.45) is 5.73 Å². The second kappa shape index (κ2) is 5.53. The van der Waals surface area contributed by atoms with Crippen molar-refractivity contribution < 1.29 is 9.84 Å². The van der Waals surface area contributed by atoms with E-state index in [1.54, 1.807) is 29.5 Å². The first-order valence-corrected chi connectivity index (χ1v) is 7.26. The number of aromatic hydroxyl groups is 1. The summed E-state index contributed by atoms with van der Waals surface area (Å²) in [5.74, 6) is 0.663. The first-order valence-electron chi connectivity index (χ1n) is 6.38. The number of nitrogens with two attached hydrogens (primary N) is 1. The first-order chi connectivity index (χ1) is 9.79. The van der Waals surface area contributed by atoms with Crippen molar-refractivity contribution in [3.63, 3.8) is 0 Å². The number of rotatable bonds is 4. The van der Waals surface area contributed by atoms with Crippen LogP contribution in [0.2, 0.25) is 0 Å². The van der Waals surface area contributed by atoms with Crippen molar-refractivity contribution in [1.82, 2.24) is 0 Å². The molecule has 0 fully saturated rings. The largest absolute Gasteiger partial charge is 0.504 e. The lowest BCUT2D eigenvalue weighted by molar-refractivity contribution is 0.290. The topological polar surface area (TPSA) is 55.5 Å². The number of hydrogen-bond donors (Lipinski definition) is 2. The highest BCUT2D eigenvalue weighted by Gasteiger charge is 2.08. The molecular weight excluding hydrogens is 270 g/mol. The maximum absolute atomic E-state index is 9.70. The molecule has 2 aromatic carbocycles. The number of thiophene rings is 1. The van der Waals surface area contributed by atoms with Gasteiger partial charge in [-0.1, -0.05) is 30.3 Å². The standard InChI is InChI=1S/C16H15NO2S/c17-8-11-4-3-5-13-12(10-20-16(11)13)9-19-15-7-2-1-6-14(15)18/h1-7,10,18H,8-9,17H2. The van der Waals surface area contributed by atoms with Crippen LogP contribution in [-0.4, -0.2) is 5.11 Å². The molecular formula is C16H15NO2S. The molecule has 3 nitrogen and oxygen atoms in total. The molecule has 3 N–H and O–H groups in total. The quantitative estimate of drug-likeness (QED) is 0.769. The van der Waals surface area contributed by atoms with E-state index in [0.717, 1.165) is 11.1 Å². The molecule has 0 unspecified atom stereocenters. The number of hydrogen-bond acceptors (Lipinski definition) is 4. The summed E-state index contributed by atoms with van der Waals surface area (Å²) < 4.78 is 6.90. The summed E-state index contributed by atoms with van der Waals surface area (Å²) in [4.78, 5) is 0. The van der Waals surface area contributed by atoms with Crippen LogP contribution in [0, 0.1) is 0 Å². The third kappa shape index (κ3) is 2.35. The Morgan fingerprint density at radius 1 is 1.05 bits per heavy atom. The molecule has 0 aliphatic carbocycles. The van der Waals surface area contributed by atoms with Crippen LogP contribution >= 0.6 is 11.3 Å². The minimum Gasteiger partial charge on any atom is -0.504 e. The molecule has 0 saturated carbocycles. The Labute approximate surface area is 121 Å². The van der Waals surface area contributed by atoms with Gasteiger partial charge in [0.1, 0.15) is 6.61 Å². The Hall–Kier alpha value is -2.04. The van der Waals surface area contributed by atoms with E-state index in [9.17, 15) is 5.11 Å². The van der Waals surface area contributed by atoms with Gasteiger partial charge in [0.2, 0.25) is 0 Å². The lowest BCUT2D eigenvalue weighted by atomic mass is 10.1. The molecule has 20 heavy (non-hydrogen) atoms. The molecule has 0 aliphatic rings. The number of benzene rings is 2. The summed E-state index contributed by atoms with van der Waals surface area (Å²) in [5.41, 5.74) is 8.02. The molecule has 0 atom stereocenters. The lowest BCUT2D eigenvalue weighted by Gasteiger charge is -2.07. The monoisotopic (exact) mass is 285 g/mol. The van der Waals surface area contributed by atoms with Crippen molar-refractivity contribution in [3.05, 3.63) is 59.0 Å². The number of phenolic OH excluding ortho intramolecular Hbond substituents is 1. The summed E-state index contributed by atoms with van der Waals surface area (Å²) in [6.45, 7) is 0.975. The SMILES string of the molecule is NCc1cccc2c(COc3ccccc3O)csc12. The molecule has 3 aromatic rings. The van der Waals surface area contributed by atoms with Gasteiger partial charge in [-0.05, 0) is 28.5 Å². The molecule has 0 amide bonds. The Morgan fingerprint density at radius 2 is 1.90 bits per heavy atom. The Morgan fingerprint density at radius 3 is 2.70 bits per heavy atom. The molecule has 0 aliphatic heterocycles. The van der Waals surface area contributed by atoms with Crippen LogP contribution in [0.1, 0.15) is 11.1 Å². The maximum atomic E-state index is 9.70. The second-order valence-corrected chi connectivity index (χ2v) is 5.39. The molecule has 1 heterocycles. The Bertz CT molecular complexity index is 736. The molecule has 4 heteroatoms. The normalized spacial score (nSPS) is 10.8. The zero-order valence-electron chi connectivity index (χ0n) is 10.9. The van der Waals surface area contributed by atoms with Crippen molar-refractivity contribution in [3.8, 4) is 11.5 Å². The first kappa shape index (κ1) is 13.0. The molecule has 0 spiro atoms. The average molecular weight is 285 g/mol. The van der Waals surface area contributed by atoms with Gasteiger partial charge in [-0.2, -0.15) is 0 Å².